The maximum absolute atomic E-state index is 13.7. The fourth-order valence-corrected chi connectivity index (χ4v) is 4.59. The molecule has 0 atom stereocenters. The first-order chi connectivity index (χ1) is 15.8. The Morgan fingerprint density at radius 1 is 1.12 bits per heavy atom. The average Bonchev–Trinajstić information content (AvgIpc) is 3.46. The standard InChI is InChI=1S/C21H19F3N4O3S2/c22-21(23,24)15-11-14(28-5-7-31-8-6-28)3-4-16(15)26-18(29)10-13-12-33-20(25-13)27-19(30)17-2-1-9-32-17/h1-4,9,11-12H,5-8,10H2,(H,26,29)(H,25,27,30). The second kappa shape index (κ2) is 9.89. The molecule has 1 saturated heterocycles. The Morgan fingerprint density at radius 3 is 2.61 bits per heavy atom. The number of morpholine rings is 1. The van der Waals surface area contributed by atoms with E-state index in [1.807, 2.05) is 4.90 Å². The number of anilines is 3. The molecule has 1 aromatic carbocycles. The minimum absolute atomic E-state index is 0.228. The van der Waals surface area contributed by atoms with Gasteiger partial charge in [0, 0.05) is 24.2 Å². The molecule has 2 N–H and O–H groups in total. The summed E-state index contributed by atoms with van der Waals surface area (Å²) in [5, 5.41) is 8.64. The quantitative estimate of drug-likeness (QED) is 0.525. The Bertz CT molecular complexity index is 1130. The van der Waals surface area contributed by atoms with Gasteiger partial charge in [0.25, 0.3) is 5.91 Å². The molecule has 4 rings (SSSR count). The summed E-state index contributed by atoms with van der Waals surface area (Å²) in [4.78, 5) is 31.0. The van der Waals surface area contributed by atoms with Gasteiger partial charge in [-0.05, 0) is 29.6 Å². The zero-order chi connectivity index (χ0) is 23.4. The van der Waals surface area contributed by atoms with E-state index >= 15 is 0 Å². The van der Waals surface area contributed by atoms with Gasteiger partial charge < -0.3 is 15.0 Å². The fourth-order valence-electron chi connectivity index (χ4n) is 3.26. The van der Waals surface area contributed by atoms with Crippen LogP contribution >= 0.6 is 22.7 Å². The molecule has 3 heterocycles. The summed E-state index contributed by atoms with van der Waals surface area (Å²) < 4.78 is 46.3. The van der Waals surface area contributed by atoms with Crippen molar-refractivity contribution in [2.75, 3.05) is 41.8 Å². The van der Waals surface area contributed by atoms with Crippen LogP contribution in [0.1, 0.15) is 20.9 Å². The third-order valence-corrected chi connectivity index (χ3v) is 6.49. The molecule has 0 unspecified atom stereocenters. The van der Waals surface area contributed by atoms with Crippen molar-refractivity contribution in [3.05, 3.63) is 57.2 Å². The molecule has 3 aromatic rings. The normalized spacial score (nSPS) is 14.2. The summed E-state index contributed by atoms with van der Waals surface area (Å²) in [6.07, 6.45) is -4.86. The zero-order valence-corrected chi connectivity index (χ0v) is 18.8. The molecule has 0 aliphatic carbocycles. The summed E-state index contributed by atoms with van der Waals surface area (Å²) >= 11 is 2.42. The van der Waals surface area contributed by atoms with E-state index in [4.69, 9.17) is 4.74 Å². The van der Waals surface area contributed by atoms with Crippen LogP contribution in [-0.4, -0.2) is 43.1 Å². The smallest absolute Gasteiger partial charge is 0.378 e. The lowest BCUT2D eigenvalue weighted by Gasteiger charge is -2.29. The van der Waals surface area contributed by atoms with Gasteiger partial charge in [-0.3, -0.25) is 14.9 Å². The number of benzene rings is 1. The van der Waals surface area contributed by atoms with E-state index in [0.29, 0.717) is 47.7 Å². The highest BCUT2D eigenvalue weighted by atomic mass is 32.1. The molecular formula is C21H19F3N4O3S2. The van der Waals surface area contributed by atoms with E-state index in [-0.39, 0.29) is 18.0 Å². The van der Waals surface area contributed by atoms with Crippen LogP contribution in [0.25, 0.3) is 0 Å². The van der Waals surface area contributed by atoms with Gasteiger partial charge in [-0.15, -0.1) is 22.7 Å². The van der Waals surface area contributed by atoms with Crippen molar-refractivity contribution in [1.29, 1.82) is 0 Å². The number of halogens is 3. The third-order valence-electron chi connectivity index (χ3n) is 4.82. The molecule has 174 valence electrons. The maximum Gasteiger partial charge on any atom is 0.418 e. The van der Waals surface area contributed by atoms with Crippen LogP contribution in [0.5, 0.6) is 0 Å². The summed E-state index contributed by atoms with van der Waals surface area (Å²) in [6.45, 7) is 1.89. The number of hydrogen-bond acceptors (Lipinski definition) is 7. The van der Waals surface area contributed by atoms with Crippen molar-refractivity contribution in [2.45, 2.75) is 12.6 Å². The summed E-state index contributed by atoms with van der Waals surface area (Å²) in [5.41, 5.74) is -0.459. The number of hydrogen-bond donors (Lipinski definition) is 2. The number of nitrogens with one attached hydrogen (secondary N) is 2. The highest BCUT2D eigenvalue weighted by Crippen LogP contribution is 2.37. The molecule has 1 aliphatic rings. The minimum Gasteiger partial charge on any atom is -0.378 e. The van der Waals surface area contributed by atoms with Crippen molar-refractivity contribution >= 4 is 51.0 Å². The number of carbonyl (C=O) groups excluding carboxylic acids is 2. The van der Waals surface area contributed by atoms with Gasteiger partial charge >= 0.3 is 6.18 Å². The number of rotatable bonds is 6. The predicted molar refractivity (Wildman–Crippen MR) is 121 cm³/mol. The number of thiophene rings is 1. The van der Waals surface area contributed by atoms with Crippen LogP contribution in [0.2, 0.25) is 0 Å². The van der Waals surface area contributed by atoms with Gasteiger partial charge in [-0.25, -0.2) is 4.98 Å². The van der Waals surface area contributed by atoms with E-state index in [9.17, 15) is 22.8 Å². The molecule has 1 aliphatic heterocycles. The van der Waals surface area contributed by atoms with E-state index in [0.717, 1.165) is 17.4 Å². The molecule has 33 heavy (non-hydrogen) atoms. The van der Waals surface area contributed by atoms with Crippen LogP contribution in [0.3, 0.4) is 0 Å². The first kappa shape index (κ1) is 23.2. The Balaban J connectivity index is 1.42. The first-order valence-electron chi connectivity index (χ1n) is 9.92. The van der Waals surface area contributed by atoms with Crippen molar-refractivity contribution in [3.8, 4) is 0 Å². The van der Waals surface area contributed by atoms with Crippen molar-refractivity contribution in [3.63, 3.8) is 0 Å². The molecule has 12 heteroatoms. The Morgan fingerprint density at radius 2 is 1.91 bits per heavy atom. The minimum atomic E-state index is -4.63. The molecule has 2 aromatic heterocycles. The Kier molecular flexibility index (Phi) is 6.96. The molecular weight excluding hydrogens is 477 g/mol. The number of amides is 2. The first-order valence-corrected chi connectivity index (χ1v) is 11.7. The summed E-state index contributed by atoms with van der Waals surface area (Å²) in [6, 6.07) is 7.28. The Labute approximate surface area is 195 Å². The number of ether oxygens (including phenoxy) is 1. The van der Waals surface area contributed by atoms with Gasteiger partial charge in [0.2, 0.25) is 5.91 Å². The summed E-state index contributed by atoms with van der Waals surface area (Å²) in [5.74, 6) is -0.952. The maximum atomic E-state index is 13.7. The zero-order valence-electron chi connectivity index (χ0n) is 17.1. The van der Waals surface area contributed by atoms with Crippen LogP contribution in [0.4, 0.5) is 29.7 Å². The Hall–Kier alpha value is -2.96. The number of nitrogens with zero attached hydrogens (tertiary/aromatic N) is 2. The highest BCUT2D eigenvalue weighted by molar-refractivity contribution is 7.14. The van der Waals surface area contributed by atoms with Gasteiger partial charge in [0.15, 0.2) is 5.13 Å². The van der Waals surface area contributed by atoms with Crippen LogP contribution < -0.4 is 15.5 Å². The van der Waals surface area contributed by atoms with Gasteiger partial charge in [0.05, 0.1) is 41.5 Å². The predicted octanol–water partition coefficient (Wildman–Crippen LogP) is 4.49. The van der Waals surface area contributed by atoms with Crippen LogP contribution in [0, 0.1) is 0 Å². The SMILES string of the molecule is O=C(Cc1csc(NC(=O)c2cccs2)n1)Nc1ccc(N2CCOCC2)cc1C(F)(F)F. The van der Waals surface area contributed by atoms with E-state index in [1.165, 1.54) is 17.4 Å². The molecule has 0 spiro atoms. The fraction of sp³-hybridized carbons (Fsp3) is 0.286. The number of alkyl halides is 3. The van der Waals surface area contributed by atoms with E-state index in [2.05, 4.69) is 15.6 Å². The molecule has 0 radical (unpaired) electrons. The molecule has 0 bridgehead atoms. The number of thiazole rings is 1. The highest BCUT2D eigenvalue weighted by Gasteiger charge is 2.35. The molecule has 0 saturated carbocycles. The van der Waals surface area contributed by atoms with Crippen LogP contribution in [0.15, 0.2) is 41.1 Å². The van der Waals surface area contributed by atoms with E-state index in [1.54, 1.807) is 29.0 Å². The second-order valence-corrected chi connectivity index (χ2v) is 8.93. The van der Waals surface area contributed by atoms with Crippen molar-refractivity contribution in [2.24, 2.45) is 0 Å². The molecule has 2 amide bonds. The van der Waals surface area contributed by atoms with E-state index < -0.39 is 17.6 Å². The average molecular weight is 497 g/mol. The van der Waals surface area contributed by atoms with Gasteiger partial charge in [0.1, 0.15) is 0 Å². The lowest BCUT2D eigenvalue weighted by atomic mass is 10.1. The van der Waals surface area contributed by atoms with Crippen LogP contribution in [-0.2, 0) is 22.1 Å². The van der Waals surface area contributed by atoms with Gasteiger partial charge in [-0.1, -0.05) is 6.07 Å². The lowest BCUT2D eigenvalue weighted by Crippen LogP contribution is -2.36. The topological polar surface area (TPSA) is 83.6 Å². The van der Waals surface area contributed by atoms with Gasteiger partial charge in [-0.2, -0.15) is 13.2 Å². The lowest BCUT2D eigenvalue weighted by molar-refractivity contribution is -0.136. The van der Waals surface area contributed by atoms with Crippen molar-refractivity contribution < 1.29 is 27.5 Å². The number of aromatic nitrogens is 1. The third kappa shape index (κ3) is 5.89. The van der Waals surface area contributed by atoms with Crippen molar-refractivity contribution in [1.82, 2.24) is 4.98 Å². The molecule has 7 nitrogen and oxygen atoms in total. The largest absolute Gasteiger partial charge is 0.418 e. The monoisotopic (exact) mass is 496 g/mol. The summed E-state index contributed by atoms with van der Waals surface area (Å²) in [7, 11) is 0. The number of carbonyl (C=O) groups is 2. The molecule has 1 fully saturated rings. The second-order valence-electron chi connectivity index (χ2n) is 7.13.